The lowest BCUT2D eigenvalue weighted by Crippen LogP contribution is -2.45. The first-order chi connectivity index (χ1) is 9.37. The van der Waals surface area contributed by atoms with Crippen LogP contribution in [0.1, 0.15) is 40.5 Å². The van der Waals surface area contributed by atoms with Crippen molar-refractivity contribution >= 4 is 5.97 Å². The van der Waals surface area contributed by atoms with Crippen molar-refractivity contribution in [3.8, 4) is 0 Å². The Morgan fingerprint density at radius 1 is 1.45 bits per heavy atom. The number of carbonyl (C=O) groups excluding carboxylic acids is 1. The second-order valence-electron chi connectivity index (χ2n) is 6.76. The molecule has 108 valence electrons. The number of carbonyl (C=O) groups is 1. The van der Waals surface area contributed by atoms with Crippen molar-refractivity contribution in [2.45, 2.75) is 46.8 Å². The summed E-state index contributed by atoms with van der Waals surface area (Å²) in [5.41, 5.74) is 2.42. The molecule has 0 aromatic rings. The number of esters is 1. The molecule has 20 heavy (non-hydrogen) atoms. The summed E-state index contributed by atoms with van der Waals surface area (Å²) < 4.78 is 11.0. The van der Waals surface area contributed by atoms with Gasteiger partial charge in [0.05, 0.1) is 11.7 Å². The molecular formula is C17H22O3. The van der Waals surface area contributed by atoms with Gasteiger partial charge < -0.3 is 9.47 Å². The molecule has 3 heteroatoms. The Labute approximate surface area is 120 Å². The van der Waals surface area contributed by atoms with Gasteiger partial charge in [-0.2, -0.15) is 0 Å². The van der Waals surface area contributed by atoms with E-state index in [-0.39, 0.29) is 16.8 Å². The fourth-order valence-electron chi connectivity index (χ4n) is 4.00. The maximum Gasteiger partial charge on any atom is 0.305 e. The van der Waals surface area contributed by atoms with Crippen LogP contribution in [0.15, 0.2) is 35.6 Å². The molecule has 0 aromatic heterocycles. The molecule has 1 spiro atoms. The van der Waals surface area contributed by atoms with Crippen molar-refractivity contribution in [1.29, 1.82) is 0 Å². The predicted molar refractivity (Wildman–Crippen MR) is 76.6 cm³/mol. The van der Waals surface area contributed by atoms with E-state index in [0.717, 1.165) is 12.8 Å². The van der Waals surface area contributed by atoms with Crippen LogP contribution in [0.4, 0.5) is 0 Å². The van der Waals surface area contributed by atoms with E-state index in [2.05, 4.69) is 39.0 Å². The van der Waals surface area contributed by atoms with Crippen molar-refractivity contribution in [2.75, 3.05) is 0 Å². The molecule has 0 saturated heterocycles. The number of hydrogen-bond donors (Lipinski definition) is 0. The van der Waals surface area contributed by atoms with Gasteiger partial charge in [0.25, 0.3) is 6.29 Å². The lowest BCUT2D eigenvalue weighted by atomic mass is 9.61. The van der Waals surface area contributed by atoms with E-state index in [0.29, 0.717) is 5.92 Å². The molecule has 0 saturated carbocycles. The first-order valence-electron chi connectivity index (χ1n) is 7.27. The van der Waals surface area contributed by atoms with Crippen molar-refractivity contribution < 1.29 is 14.3 Å². The van der Waals surface area contributed by atoms with E-state index in [4.69, 9.17) is 9.47 Å². The van der Waals surface area contributed by atoms with E-state index < -0.39 is 6.29 Å². The molecule has 0 amide bonds. The average Bonchev–Trinajstić information content (AvgIpc) is 2.81. The van der Waals surface area contributed by atoms with Crippen LogP contribution in [0.3, 0.4) is 0 Å². The summed E-state index contributed by atoms with van der Waals surface area (Å²) in [5, 5.41) is 0. The van der Waals surface area contributed by atoms with Crippen molar-refractivity contribution in [3.05, 3.63) is 35.6 Å². The summed E-state index contributed by atoms with van der Waals surface area (Å²) in [6, 6.07) is 0. The Morgan fingerprint density at radius 3 is 2.90 bits per heavy atom. The minimum Gasteiger partial charge on any atom is -0.461 e. The third-order valence-electron chi connectivity index (χ3n) is 5.24. The van der Waals surface area contributed by atoms with Gasteiger partial charge in [-0.3, -0.25) is 4.79 Å². The second-order valence-corrected chi connectivity index (χ2v) is 6.76. The molecule has 0 bridgehead atoms. The first kappa shape index (κ1) is 13.5. The molecule has 2 aliphatic carbocycles. The number of hydrogen-bond acceptors (Lipinski definition) is 3. The zero-order valence-electron chi connectivity index (χ0n) is 12.6. The highest BCUT2D eigenvalue weighted by Gasteiger charge is 2.60. The number of ether oxygens (including phenoxy) is 2. The first-order valence-corrected chi connectivity index (χ1v) is 7.27. The lowest BCUT2D eigenvalue weighted by Gasteiger charge is -2.43. The number of allylic oxidation sites excluding steroid dienone is 3. The van der Waals surface area contributed by atoms with Crippen molar-refractivity contribution in [1.82, 2.24) is 0 Å². The van der Waals surface area contributed by atoms with Crippen LogP contribution in [0, 0.1) is 16.7 Å². The molecule has 0 N–H and O–H groups in total. The molecule has 3 nitrogen and oxygen atoms in total. The van der Waals surface area contributed by atoms with Gasteiger partial charge in [-0.25, -0.2) is 0 Å². The van der Waals surface area contributed by atoms with Crippen LogP contribution in [0.5, 0.6) is 0 Å². The van der Waals surface area contributed by atoms with Crippen LogP contribution < -0.4 is 0 Å². The van der Waals surface area contributed by atoms with E-state index in [1.54, 1.807) is 6.26 Å². The van der Waals surface area contributed by atoms with Gasteiger partial charge in [0.2, 0.25) is 0 Å². The second kappa shape index (κ2) is 4.24. The molecule has 3 aliphatic rings. The summed E-state index contributed by atoms with van der Waals surface area (Å²) in [4.78, 5) is 11.4. The Kier molecular flexibility index (Phi) is 2.86. The molecular weight excluding hydrogens is 252 g/mol. The summed E-state index contributed by atoms with van der Waals surface area (Å²) in [5.74, 6) is 0.199. The maximum absolute atomic E-state index is 11.4. The molecule has 1 heterocycles. The highest BCUT2D eigenvalue weighted by atomic mass is 16.7. The zero-order chi connectivity index (χ0) is 14.5. The molecule has 0 fully saturated rings. The molecule has 1 aliphatic heterocycles. The van der Waals surface area contributed by atoms with Crippen LogP contribution in [0.25, 0.3) is 0 Å². The van der Waals surface area contributed by atoms with Crippen LogP contribution in [-0.4, -0.2) is 12.3 Å². The molecule has 3 atom stereocenters. The van der Waals surface area contributed by atoms with Gasteiger partial charge >= 0.3 is 5.97 Å². The smallest absolute Gasteiger partial charge is 0.305 e. The molecule has 3 rings (SSSR count). The van der Waals surface area contributed by atoms with E-state index in [1.807, 2.05) is 0 Å². The van der Waals surface area contributed by atoms with Gasteiger partial charge in [0, 0.05) is 6.92 Å². The fraction of sp³-hybridized carbons (Fsp3) is 0.588. The quantitative estimate of drug-likeness (QED) is 0.683. The van der Waals surface area contributed by atoms with Gasteiger partial charge in [-0.05, 0) is 42.7 Å². The highest BCUT2D eigenvalue weighted by molar-refractivity contribution is 5.66. The molecule has 0 aromatic carbocycles. The van der Waals surface area contributed by atoms with E-state index in [1.165, 1.54) is 18.1 Å². The largest absolute Gasteiger partial charge is 0.461 e. The average molecular weight is 274 g/mol. The Bertz CT molecular complexity index is 538. The van der Waals surface area contributed by atoms with Gasteiger partial charge in [-0.1, -0.05) is 31.6 Å². The minimum atomic E-state index is -0.540. The Balaban J connectivity index is 2.04. The summed E-state index contributed by atoms with van der Waals surface area (Å²) in [6.45, 7) is 8.12. The summed E-state index contributed by atoms with van der Waals surface area (Å²) in [6.07, 6.45) is 10.1. The summed E-state index contributed by atoms with van der Waals surface area (Å²) >= 11 is 0. The minimum absolute atomic E-state index is 0.0212. The molecule has 0 unspecified atom stereocenters. The Morgan fingerprint density at radius 2 is 2.20 bits per heavy atom. The topological polar surface area (TPSA) is 35.5 Å². The van der Waals surface area contributed by atoms with Crippen LogP contribution in [-0.2, 0) is 14.3 Å². The number of fused-ring (bicyclic) bond motifs is 1. The summed E-state index contributed by atoms with van der Waals surface area (Å²) in [7, 11) is 0. The van der Waals surface area contributed by atoms with Gasteiger partial charge in [0.1, 0.15) is 0 Å². The van der Waals surface area contributed by atoms with Crippen LogP contribution >= 0.6 is 0 Å². The van der Waals surface area contributed by atoms with E-state index >= 15 is 0 Å². The normalized spacial score (nSPS) is 37.2. The third kappa shape index (κ3) is 1.68. The lowest BCUT2D eigenvalue weighted by molar-refractivity contribution is -0.185. The zero-order valence-corrected chi connectivity index (χ0v) is 12.6. The number of rotatable bonds is 1. The van der Waals surface area contributed by atoms with Gasteiger partial charge in [0.15, 0.2) is 0 Å². The Hall–Kier alpha value is -1.51. The third-order valence-corrected chi connectivity index (χ3v) is 5.24. The van der Waals surface area contributed by atoms with Crippen LogP contribution in [0.2, 0.25) is 0 Å². The monoisotopic (exact) mass is 274 g/mol. The standard InChI is InChI=1S/C17H22O3/c1-11-5-6-14-13(9-11)10-17(16(14,3)4)7-8-19-15(17)20-12(2)18/h7-10,14-15H,5-6H2,1-4H3/t14-,15+,17+/m1/s1. The highest BCUT2D eigenvalue weighted by Crippen LogP contribution is 2.62. The van der Waals surface area contributed by atoms with E-state index in [9.17, 15) is 4.79 Å². The SMILES string of the molecule is CC(=O)O[C@@H]1OC=C[C@]12C=C1C=C(C)CC[C@H]1C2(C)C. The molecule has 0 radical (unpaired) electrons. The van der Waals surface area contributed by atoms with Crippen molar-refractivity contribution in [2.24, 2.45) is 16.7 Å². The maximum atomic E-state index is 11.4. The predicted octanol–water partition coefficient (Wildman–Crippen LogP) is 3.73. The van der Waals surface area contributed by atoms with Crippen molar-refractivity contribution in [3.63, 3.8) is 0 Å². The fourth-order valence-corrected chi connectivity index (χ4v) is 4.00. The van der Waals surface area contributed by atoms with Gasteiger partial charge in [-0.15, -0.1) is 0 Å².